The van der Waals surface area contributed by atoms with E-state index in [1.807, 2.05) is 13.0 Å². The van der Waals surface area contributed by atoms with Gasteiger partial charge in [0.15, 0.2) is 0 Å². The van der Waals surface area contributed by atoms with Crippen molar-refractivity contribution < 1.29 is 10.0 Å². The summed E-state index contributed by atoms with van der Waals surface area (Å²) in [5.74, 6) is 3.00. The van der Waals surface area contributed by atoms with Crippen LogP contribution in [0, 0.1) is 19.3 Å². The molecule has 14 heavy (non-hydrogen) atoms. The van der Waals surface area contributed by atoms with E-state index in [1.54, 1.807) is 6.07 Å². The lowest BCUT2D eigenvalue weighted by molar-refractivity contribution is 0.425. The van der Waals surface area contributed by atoms with Crippen LogP contribution in [0.2, 0.25) is 0 Å². The van der Waals surface area contributed by atoms with Gasteiger partial charge in [0, 0.05) is 11.3 Å². The summed E-state index contributed by atoms with van der Waals surface area (Å²) in [4.78, 5) is 0. The van der Waals surface area contributed by atoms with Crippen LogP contribution in [0.1, 0.15) is 16.7 Å². The van der Waals surface area contributed by atoms with E-state index < -0.39 is 7.12 Å². The van der Waals surface area contributed by atoms with E-state index in [-0.39, 0.29) is 0 Å². The summed E-state index contributed by atoms with van der Waals surface area (Å²) < 4.78 is 0. The van der Waals surface area contributed by atoms with E-state index >= 15 is 0 Å². The fourth-order valence-corrected chi connectivity index (χ4v) is 1.64. The second kappa shape index (κ2) is 4.56. The van der Waals surface area contributed by atoms with Crippen LogP contribution in [0.5, 0.6) is 0 Å². The third-order valence-electron chi connectivity index (χ3n) is 2.17. The molecular formula is C10H11BO2S. The van der Waals surface area contributed by atoms with E-state index in [4.69, 9.17) is 16.5 Å². The molecular weight excluding hydrogens is 195 g/mol. The molecule has 0 heterocycles. The first kappa shape index (κ1) is 11.2. The van der Waals surface area contributed by atoms with E-state index in [2.05, 4.69) is 18.5 Å². The summed E-state index contributed by atoms with van der Waals surface area (Å²) in [5, 5.41) is 18.2. The lowest BCUT2D eigenvalue weighted by atomic mass is 9.75. The van der Waals surface area contributed by atoms with Crippen molar-refractivity contribution in [3.8, 4) is 12.3 Å². The predicted octanol–water partition coefficient (Wildman–Crippen LogP) is 0.0859. The Hall–Kier alpha value is -0.885. The highest BCUT2D eigenvalue weighted by Gasteiger charge is 2.16. The van der Waals surface area contributed by atoms with Crippen molar-refractivity contribution in [1.29, 1.82) is 0 Å². The van der Waals surface area contributed by atoms with Crippen molar-refractivity contribution in [2.45, 2.75) is 12.7 Å². The van der Waals surface area contributed by atoms with Crippen molar-refractivity contribution in [2.75, 3.05) is 0 Å². The molecule has 72 valence electrons. The first-order valence-corrected chi connectivity index (χ1v) is 4.80. The lowest BCUT2D eigenvalue weighted by Gasteiger charge is -2.10. The molecule has 0 spiro atoms. The van der Waals surface area contributed by atoms with Gasteiger partial charge in [-0.2, -0.15) is 12.6 Å². The normalized spacial score (nSPS) is 9.64. The number of hydrogen-bond donors (Lipinski definition) is 3. The van der Waals surface area contributed by atoms with Gasteiger partial charge in [-0.1, -0.05) is 5.92 Å². The van der Waals surface area contributed by atoms with Crippen LogP contribution in [-0.2, 0) is 5.75 Å². The average molecular weight is 206 g/mol. The molecule has 0 saturated heterocycles. The number of rotatable bonds is 2. The van der Waals surface area contributed by atoms with Gasteiger partial charge in [0.2, 0.25) is 0 Å². The van der Waals surface area contributed by atoms with E-state index in [1.165, 1.54) is 0 Å². The molecule has 0 radical (unpaired) electrons. The molecule has 4 heteroatoms. The topological polar surface area (TPSA) is 40.5 Å². The second-order valence-electron chi connectivity index (χ2n) is 3.03. The third-order valence-corrected chi connectivity index (χ3v) is 2.51. The Kier molecular flexibility index (Phi) is 3.65. The largest absolute Gasteiger partial charge is 0.488 e. The highest BCUT2D eigenvalue weighted by Crippen LogP contribution is 2.11. The first-order chi connectivity index (χ1) is 6.60. The Morgan fingerprint density at radius 1 is 1.50 bits per heavy atom. The predicted molar refractivity (Wildman–Crippen MR) is 61.6 cm³/mol. The molecule has 1 aromatic carbocycles. The zero-order valence-corrected chi connectivity index (χ0v) is 8.75. The highest BCUT2D eigenvalue weighted by molar-refractivity contribution is 7.79. The summed E-state index contributed by atoms with van der Waals surface area (Å²) in [7, 11) is -1.48. The average Bonchev–Trinajstić information content (AvgIpc) is 2.17. The second-order valence-corrected chi connectivity index (χ2v) is 3.34. The molecule has 1 aromatic rings. The number of benzene rings is 1. The molecule has 0 aliphatic carbocycles. The fourth-order valence-electron chi connectivity index (χ4n) is 1.31. The van der Waals surface area contributed by atoms with Crippen LogP contribution in [0.25, 0.3) is 0 Å². The van der Waals surface area contributed by atoms with Crippen molar-refractivity contribution in [3.05, 3.63) is 28.8 Å². The van der Waals surface area contributed by atoms with Crippen molar-refractivity contribution in [2.24, 2.45) is 0 Å². The first-order valence-electron chi connectivity index (χ1n) is 4.17. The summed E-state index contributed by atoms with van der Waals surface area (Å²) in [6, 6.07) is 3.43. The summed E-state index contributed by atoms with van der Waals surface area (Å²) in [6.45, 7) is 1.82. The Bertz CT molecular complexity index is 382. The van der Waals surface area contributed by atoms with Gasteiger partial charge in [0.05, 0.1) is 0 Å². The molecule has 0 unspecified atom stereocenters. The van der Waals surface area contributed by atoms with Gasteiger partial charge in [-0.05, 0) is 35.6 Å². The zero-order valence-electron chi connectivity index (χ0n) is 7.86. The van der Waals surface area contributed by atoms with Gasteiger partial charge in [-0.3, -0.25) is 0 Å². The molecule has 0 amide bonds. The van der Waals surface area contributed by atoms with E-state index in [0.717, 1.165) is 11.1 Å². The van der Waals surface area contributed by atoms with Crippen LogP contribution in [0.3, 0.4) is 0 Å². The number of thiol groups is 1. The lowest BCUT2D eigenvalue weighted by Crippen LogP contribution is -2.33. The van der Waals surface area contributed by atoms with Gasteiger partial charge in [-0.15, -0.1) is 6.42 Å². The molecule has 0 fully saturated rings. The molecule has 2 N–H and O–H groups in total. The van der Waals surface area contributed by atoms with Crippen LogP contribution in [0.4, 0.5) is 0 Å². The van der Waals surface area contributed by atoms with Crippen molar-refractivity contribution >= 4 is 25.2 Å². The molecule has 1 rings (SSSR count). The highest BCUT2D eigenvalue weighted by atomic mass is 32.1. The maximum atomic E-state index is 9.11. The molecule has 0 aliphatic heterocycles. The van der Waals surface area contributed by atoms with Crippen molar-refractivity contribution in [1.82, 2.24) is 0 Å². The van der Waals surface area contributed by atoms with Crippen molar-refractivity contribution in [3.63, 3.8) is 0 Å². The molecule has 0 saturated carbocycles. The minimum absolute atomic E-state index is 0.449. The van der Waals surface area contributed by atoms with Crippen LogP contribution >= 0.6 is 12.6 Å². The Balaban J connectivity index is 3.36. The van der Waals surface area contributed by atoms with Gasteiger partial charge in [0.25, 0.3) is 0 Å². The molecule has 0 atom stereocenters. The molecule has 0 bridgehead atoms. The fraction of sp³-hybridized carbons (Fsp3) is 0.200. The van der Waals surface area contributed by atoms with Gasteiger partial charge in [-0.25, -0.2) is 0 Å². The Morgan fingerprint density at radius 2 is 2.14 bits per heavy atom. The van der Waals surface area contributed by atoms with Crippen LogP contribution in [-0.4, -0.2) is 17.2 Å². The smallest absolute Gasteiger partial charge is 0.423 e. The number of terminal acetylenes is 1. The standard InChI is InChI=1S/C10H11BO2S/c1-3-8-4-9(6-14)7(2)10(5-8)11(12)13/h1,4-5,12-14H,6H2,2H3. The monoisotopic (exact) mass is 206 g/mol. The minimum Gasteiger partial charge on any atom is -0.423 e. The van der Waals surface area contributed by atoms with E-state index in [0.29, 0.717) is 16.8 Å². The van der Waals surface area contributed by atoms with E-state index in [9.17, 15) is 0 Å². The Labute approximate surface area is 89.5 Å². The maximum Gasteiger partial charge on any atom is 0.488 e. The summed E-state index contributed by atoms with van der Waals surface area (Å²) >= 11 is 4.15. The Morgan fingerprint density at radius 3 is 2.57 bits per heavy atom. The molecule has 0 aliphatic rings. The van der Waals surface area contributed by atoms with Crippen LogP contribution < -0.4 is 5.46 Å². The molecule has 0 aromatic heterocycles. The molecule has 2 nitrogen and oxygen atoms in total. The summed E-state index contributed by atoms with van der Waals surface area (Å²) in [5.41, 5.74) is 2.84. The van der Waals surface area contributed by atoms with Gasteiger partial charge < -0.3 is 10.0 Å². The quantitative estimate of drug-likeness (QED) is 0.364. The summed E-state index contributed by atoms with van der Waals surface area (Å²) in [6.07, 6.45) is 5.25. The zero-order chi connectivity index (χ0) is 10.7. The SMILES string of the molecule is C#Cc1cc(CS)c(C)c(B(O)O)c1. The maximum absolute atomic E-state index is 9.11. The third kappa shape index (κ3) is 2.13. The van der Waals surface area contributed by atoms with Crippen LogP contribution in [0.15, 0.2) is 12.1 Å². The minimum atomic E-state index is -1.48. The van der Waals surface area contributed by atoms with Gasteiger partial charge in [0.1, 0.15) is 0 Å². The van der Waals surface area contributed by atoms with Gasteiger partial charge >= 0.3 is 7.12 Å². The number of hydrogen-bond acceptors (Lipinski definition) is 3.